The molecule has 3 fully saturated rings. The number of aliphatic hydroxyl groups is 2. The van der Waals surface area contributed by atoms with Crippen LogP contribution < -0.4 is 0 Å². The SMILES string of the molecule is O=C1OCC2(CO)OC3(CO)CCCC12C3. The fourth-order valence-corrected chi connectivity index (χ4v) is 3.67. The van der Waals surface area contributed by atoms with Crippen molar-refractivity contribution < 1.29 is 24.5 Å². The maximum Gasteiger partial charge on any atom is 0.315 e. The molecule has 0 aromatic heterocycles. The summed E-state index contributed by atoms with van der Waals surface area (Å²) < 4.78 is 11.0. The van der Waals surface area contributed by atoms with Crippen LogP contribution in [0.1, 0.15) is 25.7 Å². The number of hydrogen-bond acceptors (Lipinski definition) is 5. The van der Waals surface area contributed by atoms with Crippen LogP contribution in [0.4, 0.5) is 0 Å². The molecule has 2 bridgehead atoms. The molecule has 3 atom stereocenters. The fraction of sp³-hybridized carbons (Fsp3) is 0.909. The van der Waals surface area contributed by atoms with Crippen LogP contribution in [0.5, 0.6) is 0 Å². The molecule has 90 valence electrons. The summed E-state index contributed by atoms with van der Waals surface area (Å²) in [5, 5.41) is 19.0. The Labute approximate surface area is 93.3 Å². The highest BCUT2D eigenvalue weighted by Gasteiger charge is 2.73. The molecule has 3 rings (SSSR count). The van der Waals surface area contributed by atoms with Crippen molar-refractivity contribution in [1.82, 2.24) is 0 Å². The summed E-state index contributed by atoms with van der Waals surface area (Å²) in [6, 6.07) is 0. The zero-order valence-corrected chi connectivity index (χ0v) is 9.07. The average Bonchev–Trinajstić information content (AvgIpc) is 2.67. The number of cyclic esters (lactones) is 1. The lowest BCUT2D eigenvalue weighted by Crippen LogP contribution is -2.48. The molecule has 3 unspecified atom stereocenters. The second kappa shape index (κ2) is 2.97. The number of rotatable bonds is 2. The Morgan fingerprint density at radius 1 is 1.25 bits per heavy atom. The molecule has 16 heavy (non-hydrogen) atoms. The lowest BCUT2D eigenvalue weighted by atomic mass is 9.64. The van der Waals surface area contributed by atoms with E-state index >= 15 is 0 Å². The van der Waals surface area contributed by atoms with Crippen molar-refractivity contribution in [3.63, 3.8) is 0 Å². The van der Waals surface area contributed by atoms with Gasteiger partial charge in [0.05, 0.1) is 18.8 Å². The van der Waals surface area contributed by atoms with E-state index in [1.165, 1.54) is 0 Å². The lowest BCUT2D eigenvalue weighted by molar-refractivity contribution is -0.155. The Kier molecular flexibility index (Phi) is 1.95. The molecular weight excluding hydrogens is 212 g/mol. The van der Waals surface area contributed by atoms with Crippen LogP contribution in [0.2, 0.25) is 0 Å². The van der Waals surface area contributed by atoms with Crippen molar-refractivity contribution in [2.75, 3.05) is 19.8 Å². The van der Waals surface area contributed by atoms with E-state index in [1.807, 2.05) is 0 Å². The van der Waals surface area contributed by atoms with Crippen LogP contribution in [0.3, 0.4) is 0 Å². The molecule has 5 heteroatoms. The molecule has 1 aliphatic carbocycles. The number of carbonyl (C=O) groups excluding carboxylic acids is 1. The van der Waals surface area contributed by atoms with Gasteiger partial charge >= 0.3 is 5.97 Å². The van der Waals surface area contributed by atoms with Gasteiger partial charge in [-0.2, -0.15) is 0 Å². The van der Waals surface area contributed by atoms with Gasteiger partial charge in [-0.3, -0.25) is 4.79 Å². The molecule has 2 heterocycles. The van der Waals surface area contributed by atoms with Crippen molar-refractivity contribution in [1.29, 1.82) is 0 Å². The molecule has 0 aromatic carbocycles. The Morgan fingerprint density at radius 2 is 2.06 bits per heavy atom. The summed E-state index contributed by atoms with van der Waals surface area (Å²) in [6.45, 7) is -0.200. The van der Waals surface area contributed by atoms with Crippen LogP contribution in [-0.4, -0.2) is 47.2 Å². The van der Waals surface area contributed by atoms with E-state index in [-0.39, 0.29) is 25.8 Å². The van der Waals surface area contributed by atoms with Crippen molar-refractivity contribution in [3.8, 4) is 0 Å². The molecule has 2 saturated heterocycles. The van der Waals surface area contributed by atoms with Crippen molar-refractivity contribution in [3.05, 3.63) is 0 Å². The van der Waals surface area contributed by atoms with Crippen LogP contribution in [0.25, 0.3) is 0 Å². The van der Waals surface area contributed by atoms with Crippen molar-refractivity contribution in [2.45, 2.75) is 36.9 Å². The standard InChI is InChI=1S/C11H16O5/c12-5-9-2-1-3-10(4-9)8(14)15-7-11(10,6-13)16-9/h12-13H,1-7H2. The highest BCUT2D eigenvalue weighted by Crippen LogP contribution is 2.62. The largest absolute Gasteiger partial charge is 0.462 e. The first-order valence-electron chi connectivity index (χ1n) is 5.71. The summed E-state index contributed by atoms with van der Waals surface area (Å²) in [5.41, 5.74) is -2.27. The summed E-state index contributed by atoms with van der Waals surface area (Å²) in [5.74, 6) is -0.267. The molecule has 0 aromatic rings. The molecule has 1 spiro atoms. The fourth-order valence-electron chi connectivity index (χ4n) is 3.67. The molecule has 2 N–H and O–H groups in total. The van der Waals surface area contributed by atoms with Gasteiger partial charge in [-0.15, -0.1) is 0 Å². The molecule has 0 radical (unpaired) electrons. The topological polar surface area (TPSA) is 76.0 Å². The minimum atomic E-state index is -0.913. The Balaban J connectivity index is 2.08. The van der Waals surface area contributed by atoms with Crippen LogP contribution in [0.15, 0.2) is 0 Å². The van der Waals surface area contributed by atoms with E-state index < -0.39 is 16.6 Å². The normalized spacial score (nSPS) is 50.2. The van der Waals surface area contributed by atoms with Gasteiger partial charge in [0.25, 0.3) is 0 Å². The number of esters is 1. The van der Waals surface area contributed by atoms with Gasteiger partial charge in [0, 0.05) is 0 Å². The number of aliphatic hydroxyl groups excluding tert-OH is 2. The Hall–Kier alpha value is -0.650. The first-order valence-corrected chi connectivity index (χ1v) is 5.71. The van der Waals surface area contributed by atoms with Crippen LogP contribution in [0, 0.1) is 5.41 Å². The highest BCUT2D eigenvalue weighted by molar-refractivity contribution is 5.82. The molecule has 3 aliphatic rings. The van der Waals surface area contributed by atoms with Gasteiger partial charge in [-0.25, -0.2) is 0 Å². The molecule has 2 aliphatic heterocycles. The van der Waals surface area contributed by atoms with E-state index in [1.54, 1.807) is 0 Å². The van der Waals surface area contributed by atoms with Gasteiger partial charge in [0.2, 0.25) is 0 Å². The van der Waals surface area contributed by atoms with Gasteiger partial charge in [-0.05, 0) is 25.7 Å². The smallest absolute Gasteiger partial charge is 0.315 e. The summed E-state index contributed by atoms with van der Waals surface area (Å²) >= 11 is 0. The number of carbonyl (C=O) groups is 1. The number of hydrogen-bond donors (Lipinski definition) is 2. The second-order valence-corrected chi connectivity index (χ2v) is 5.28. The van der Waals surface area contributed by atoms with Crippen LogP contribution >= 0.6 is 0 Å². The molecular formula is C11H16O5. The predicted octanol–water partition coefficient (Wildman–Crippen LogP) is -0.404. The van der Waals surface area contributed by atoms with Crippen molar-refractivity contribution >= 4 is 5.97 Å². The number of ether oxygens (including phenoxy) is 2. The highest BCUT2D eigenvalue weighted by atomic mass is 16.6. The Morgan fingerprint density at radius 3 is 2.75 bits per heavy atom. The van der Waals surface area contributed by atoms with E-state index in [9.17, 15) is 15.0 Å². The maximum atomic E-state index is 11.9. The summed E-state index contributed by atoms with van der Waals surface area (Å²) in [6.07, 6.45) is 2.75. The van der Waals surface area contributed by atoms with E-state index in [2.05, 4.69) is 0 Å². The van der Waals surface area contributed by atoms with Gasteiger partial charge in [0.1, 0.15) is 17.6 Å². The molecule has 1 saturated carbocycles. The first kappa shape index (κ1) is 10.5. The minimum Gasteiger partial charge on any atom is -0.462 e. The quantitative estimate of drug-likeness (QED) is 0.629. The Bertz CT molecular complexity index is 343. The zero-order chi connectivity index (χ0) is 11.4. The third kappa shape index (κ3) is 0.948. The van der Waals surface area contributed by atoms with E-state index in [4.69, 9.17) is 9.47 Å². The van der Waals surface area contributed by atoms with Gasteiger partial charge in [-0.1, -0.05) is 0 Å². The monoisotopic (exact) mass is 228 g/mol. The summed E-state index contributed by atoms with van der Waals surface area (Å²) in [7, 11) is 0. The second-order valence-electron chi connectivity index (χ2n) is 5.28. The third-order valence-corrected chi connectivity index (χ3v) is 4.51. The van der Waals surface area contributed by atoms with Crippen molar-refractivity contribution in [2.24, 2.45) is 5.41 Å². The third-order valence-electron chi connectivity index (χ3n) is 4.51. The molecule has 0 amide bonds. The van der Waals surface area contributed by atoms with Crippen LogP contribution in [-0.2, 0) is 14.3 Å². The maximum absolute atomic E-state index is 11.9. The van der Waals surface area contributed by atoms with Gasteiger partial charge < -0.3 is 19.7 Å². The predicted molar refractivity (Wildman–Crippen MR) is 52.6 cm³/mol. The zero-order valence-electron chi connectivity index (χ0n) is 9.07. The average molecular weight is 228 g/mol. The number of fused-ring (bicyclic) bond motifs is 1. The van der Waals surface area contributed by atoms with E-state index in [0.29, 0.717) is 12.8 Å². The molecule has 5 nitrogen and oxygen atoms in total. The minimum absolute atomic E-state index is 0.0935. The lowest BCUT2D eigenvalue weighted by Gasteiger charge is -2.33. The van der Waals surface area contributed by atoms with E-state index in [0.717, 1.165) is 12.8 Å². The van der Waals surface area contributed by atoms with Gasteiger partial charge in [0.15, 0.2) is 0 Å². The first-order chi connectivity index (χ1) is 7.62. The summed E-state index contributed by atoms with van der Waals surface area (Å²) in [4.78, 5) is 11.9.